The van der Waals surface area contributed by atoms with Gasteiger partial charge >= 0.3 is 0 Å². The van der Waals surface area contributed by atoms with Crippen LogP contribution in [-0.4, -0.2) is 11.7 Å². The molecular weight excluding hydrogens is 148 g/mol. The van der Waals surface area contributed by atoms with Crippen LogP contribution < -0.4 is 5.11 Å². The van der Waals surface area contributed by atoms with E-state index < -0.39 is 5.97 Å². The predicted molar refractivity (Wildman–Crippen MR) is 41.9 cm³/mol. The van der Waals surface area contributed by atoms with E-state index >= 15 is 0 Å². The van der Waals surface area contributed by atoms with Crippen molar-refractivity contribution in [3.05, 3.63) is 0 Å². The van der Waals surface area contributed by atoms with Crippen LogP contribution in [0, 0.1) is 0 Å². The molecule has 0 spiro atoms. The summed E-state index contributed by atoms with van der Waals surface area (Å²) in [6.07, 6.45) is 4.09. The SMILES string of the molecule is O=C([O-])CCCCCCS. The van der Waals surface area contributed by atoms with Gasteiger partial charge in [-0.25, -0.2) is 0 Å². The fraction of sp³-hybridized carbons (Fsp3) is 0.857. The first-order valence-electron chi connectivity index (χ1n) is 3.58. The van der Waals surface area contributed by atoms with Crippen LogP contribution in [-0.2, 0) is 4.79 Å². The van der Waals surface area contributed by atoms with Crippen LogP contribution in [0.1, 0.15) is 32.1 Å². The molecule has 60 valence electrons. The van der Waals surface area contributed by atoms with Gasteiger partial charge in [0.25, 0.3) is 0 Å². The zero-order valence-electron chi connectivity index (χ0n) is 6.01. The van der Waals surface area contributed by atoms with E-state index in [1.165, 1.54) is 0 Å². The highest BCUT2D eigenvalue weighted by molar-refractivity contribution is 7.80. The second-order valence-corrected chi connectivity index (χ2v) is 2.71. The molecule has 0 radical (unpaired) electrons. The lowest BCUT2D eigenvalue weighted by molar-refractivity contribution is -0.305. The number of carbonyl (C=O) groups excluding carboxylic acids is 1. The summed E-state index contributed by atoms with van der Waals surface area (Å²) in [5.41, 5.74) is 0. The van der Waals surface area contributed by atoms with Gasteiger partial charge in [0.1, 0.15) is 0 Å². The topological polar surface area (TPSA) is 40.1 Å². The Bertz CT molecular complexity index is 93.6. The van der Waals surface area contributed by atoms with Crippen molar-refractivity contribution in [1.82, 2.24) is 0 Å². The van der Waals surface area contributed by atoms with Crippen LogP contribution in [0.2, 0.25) is 0 Å². The molecule has 0 aromatic carbocycles. The molecule has 0 amide bonds. The van der Waals surface area contributed by atoms with E-state index in [1.54, 1.807) is 0 Å². The van der Waals surface area contributed by atoms with Gasteiger partial charge in [0.2, 0.25) is 0 Å². The van der Waals surface area contributed by atoms with Gasteiger partial charge in [-0.2, -0.15) is 12.6 Å². The highest BCUT2D eigenvalue weighted by Gasteiger charge is 1.88. The Morgan fingerprint density at radius 3 is 2.30 bits per heavy atom. The molecule has 0 aliphatic heterocycles. The summed E-state index contributed by atoms with van der Waals surface area (Å²) in [5.74, 6) is -0.0448. The second-order valence-electron chi connectivity index (χ2n) is 2.26. The quantitative estimate of drug-likeness (QED) is 0.458. The van der Waals surface area contributed by atoms with E-state index in [4.69, 9.17) is 0 Å². The van der Waals surface area contributed by atoms with Gasteiger partial charge in [-0.15, -0.1) is 0 Å². The Hall–Kier alpha value is -0.180. The van der Waals surface area contributed by atoms with E-state index in [0.29, 0.717) is 0 Å². The summed E-state index contributed by atoms with van der Waals surface area (Å²) >= 11 is 4.03. The van der Waals surface area contributed by atoms with Crippen LogP contribution in [0.25, 0.3) is 0 Å². The lowest BCUT2D eigenvalue weighted by Gasteiger charge is -2.00. The number of thiol groups is 1. The molecule has 2 nitrogen and oxygen atoms in total. The summed E-state index contributed by atoms with van der Waals surface area (Å²) in [4.78, 5) is 9.91. The monoisotopic (exact) mass is 161 g/mol. The molecule has 0 aromatic heterocycles. The van der Waals surface area contributed by atoms with Crippen molar-refractivity contribution in [3.63, 3.8) is 0 Å². The molecular formula is C7H13O2S-. The first-order chi connectivity index (χ1) is 4.77. The van der Waals surface area contributed by atoms with Gasteiger partial charge in [0.15, 0.2) is 0 Å². The smallest absolute Gasteiger partial charge is 0.0414 e. The van der Waals surface area contributed by atoms with Crippen LogP contribution >= 0.6 is 12.6 Å². The number of hydrogen-bond donors (Lipinski definition) is 1. The average molecular weight is 161 g/mol. The first kappa shape index (κ1) is 9.82. The molecule has 0 unspecified atom stereocenters. The van der Waals surface area contributed by atoms with Gasteiger partial charge in [-0.05, 0) is 25.0 Å². The van der Waals surface area contributed by atoms with Crippen molar-refractivity contribution in [3.8, 4) is 0 Å². The Labute approximate surface area is 67.0 Å². The summed E-state index contributed by atoms with van der Waals surface area (Å²) in [6, 6.07) is 0. The normalized spacial score (nSPS) is 9.70. The zero-order valence-corrected chi connectivity index (χ0v) is 6.90. The van der Waals surface area contributed by atoms with Crippen LogP contribution in [0.15, 0.2) is 0 Å². The lowest BCUT2D eigenvalue weighted by atomic mass is 10.2. The number of carbonyl (C=O) groups is 1. The number of carboxylic acid groups (broad SMARTS) is 1. The van der Waals surface area contributed by atoms with E-state index in [1.807, 2.05) is 0 Å². The number of carboxylic acids is 1. The summed E-state index contributed by atoms with van der Waals surface area (Å²) < 4.78 is 0. The molecule has 0 saturated carbocycles. The Morgan fingerprint density at radius 2 is 1.80 bits per heavy atom. The van der Waals surface area contributed by atoms with Crippen molar-refractivity contribution in [2.75, 3.05) is 5.75 Å². The van der Waals surface area contributed by atoms with Gasteiger partial charge in [0.05, 0.1) is 0 Å². The second kappa shape index (κ2) is 6.93. The summed E-state index contributed by atoms with van der Waals surface area (Å²) in [7, 11) is 0. The Kier molecular flexibility index (Phi) is 6.81. The predicted octanol–water partition coefficient (Wildman–Crippen LogP) is 0.617. The zero-order chi connectivity index (χ0) is 7.82. The van der Waals surface area contributed by atoms with Gasteiger partial charge in [0, 0.05) is 5.97 Å². The van der Waals surface area contributed by atoms with Crippen molar-refractivity contribution in [2.24, 2.45) is 0 Å². The van der Waals surface area contributed by atoms with Gasteiger partial charge < -0.3 is 9.90 Å². The molecule has 0 atom stereocenters. The fourth-order valence-corrected chi connectivity index (χ4v) is 0.958. The largest absolute Gasteiger partial charge is 0.550 e. The van der Waals surface area contributed by atoms with E-state index in [2.05, 4.69) is 12.6 Å². The molecule has 0 saturated heterocycles. The first-order valence-corrected chi connectivity index (χ1v) is 4.21. The number of rotatable bonds is 6. The third-order valence-electron chi connectivity index (χ3n) is 1.29. The average Bonchev–Trinajstić information content (AvgIpc) is 1.87. The molecule has 0 bridgehead atoms. The van der Waals surface area contributed by atoms with Crippen molar-refractivity contribution < 1.29 is 9.90 Å². The maximum absolute atomic E-state index is 9.91. The number of unbranched alkanes of at least 4 members (excludes halogenated alkanes) is 3. The maximum atomic E-state index is 9.91. The molecule has 0 aliphatic carbocycles. The van der Waals surface area contributed by atoms with E-state index in [9.17, 15) is 9.90 Å². The van der Waals surface area contributed by atoms with E-state index in [0.717, 1.165) is 31.4 Å². The lowest BCUT2D eigenvalue weighted by Crippen LogP contribution is -2.21. The number of hydrogen-bond acceptors (Lipinski definition) is 3. The molecule has 0 fully saturated rings. The minimum absolute atomic E-state index is 0.201. The summed E-state index contributed by atoms with van der Waals surface area (Å²) in [6.45, 7) is 0. The minimum Gasteiger partial charge on any atom is -0.550 e. The Morgan fingerprint density at radius 1 is 1.20 bits per heavy atom. The van der Waals surface area contributed by atoms with Crippen molar-refractivity contribution >= 4 is 18.6 Å². The molecule has 3 heteroatoms. The van der Waals surface area contributed by atoms with Crippen LogP contribution in [0.3, 0.4) is 0 Å². The molecule has 0 aliphatic rings. The molecule has 0 aromatic rings. The van der Waals surface area contributed by atoms with E-state index in [-0.39, 0.29) is 6.42 Å². The maximum Gasteiger partial charge on any atom is 0.0414 e. The molecule has 10 heavy (non-hydrogen) atoms. The van der Waals surface area contributed by atoms with Gasteiger partial charge in [-0.3, -0.25) is 0 Å². The highest BCUT2D eigenvalue weighted by atomic mass is 32.1. The molecule has 0 heterocycles. The number of aliphatic carboxylic acids is 1. The summed E-state index contributed by atoms with van der Waals surface area (Å²) in [5, 5.41) is 9.91. The fourth-order valence-electron chi connectivity index (χ4n) is 0.735. The van der Waals surface area contributed by atoms with Crippen LogP contribution in [0.4, 0.5) is 0 Å². The van der Waals surface area contributed by atoms with Crippen molar-refractivity contribution in [2.45, 2.75) is 32.1 Å². The van der Waals surface area contributed by atoms with Crippen LogP contribution in [0.5, 0.6) is 0 Å². The third-order valence-corrected chi connectivity index (χ3v) is 1.61. The van der Waals surface area contributed by atoms with Crippen molar-refractivity contribution in [1.29, 1.82) is 0 Å². The Balaban J connectivity index is 2.84. The molecule has 0 rings (SSSR count). The third kappa shape index (κ3) is 7.82. The minimum atomic E-state index is -0.939. The van der Waals surface area contributed by atoms with Gasteiger partial charge in [-0.1, -0.05) is 12.8 Å². The highest BCUT2D eigenvalue weighted by Crippen LogP contribution is 2.02. The standard InChI is InChI=1S/C7H14O2S/c8-7(9)5-3-1-2-4-6-10/h10H,1-6H2,(H,8,9)/p-1. The molecule has 0 N–H and O–H groups in total.